The molecule has 0 saturated heterocycles. The molecule has 0 bridgehead atoms. The molecule has 0 aliphatic rings. The Labute approximate surface area is 67.4 Å². The number of aromatic nitrogens is 1. The molecule has 0 fully saturated rings. The van der Waals surface area contributed by atoms with Gasteiger partial charge < -0.3 is 10.2 Å². The molecule has 0 atom stereocenters. The minimum absolute atomic E-state index is 0.0262. The van der Waals surface area contributed by atoms with Gasteiger partial charge in [0.15, 0.2) is 0 Å². The van der Waals surface area contributed by atoms with E-state index >= 15 is 0 Å². The SMILES string of the molecule is Cn1c(O)c(Cl)c(Cl)c1O. The van der Waals surface area contributed by atoms with Gasteiger partial charge in [0.25, 0.3) is 0 Å². The molecule has 0 spiro atoms. The van der Waals surface area contributed by atoms with Crippen LogP contribution >= 0.6 is 23.2 Å². The lowest BCUT2D eigenvalue weighted by Crippen LogP contribution is -1.83. The molecule has 0 aromatic carbocycles. The third-order valence-electron chi connectivity index (χ3n) is 1.22. The molecule has 3 nitrogen and oxygen atoms in total. The number of halogens is 2. The van der Waals surface area contributed by atoms with Gasteiger partial charge in [-0.3, -0.25) is 4.57 Å². The first-order chi connectivity index (χ1) is 4.55. The Morgan fingerprint density at radius 2 is 1.40 bits per heavy atom. The maximum absolute atomic E-state index is 8.99. The first kappa shape index (κ1) is 7.57. The van der Waals surface area contributed by atoms with Gasteiger partial charge in [-0.2, -0.15) is 0 Å². The van der Waals surface area contributed by atoms with Crippen molar-refractivity contribution in [2.24, 2.45) is 7.05 Å². The summed E-state index contributed by atoms with van der Waals surface area (Å²) in [6.45, 7) is 0. The van der Waals surface area contributed by atoms with E-state index < -0.39 is 0 Å². The second-order valence-electron chi connectivity index (χ2n) is 1.83. The lowest BCUT2D eigenvalue weighted by atomic mass is 10.6. The van der Waals surface area contributed by atoms with Gasteiger partial charge in [-0.15, -0.1) is 0 Å². The molecule has 0 unspecified atom stereocenters. The van der Waals surface area contributed by atoms with Gasteiger partial charge in [0.05, 0.1) is 0 Å². The molecule has 10 heavy (non-hydrogen) atoms. The Bertz CT molecular complexity index is 189. The van der Waals surface area contributed by atoms with Crippen molar-refractivity contribution in [3.8, 4) is 11.8 Å². The van der Waals surface area contributed by atoms with Crippen LogP contribution < -0.4 is 0 Å². The van der Waals surface area contributed by atoms with Crippen LogP contribution in [0, 0.1) is 0 Å². The monoisotopic (exact) mass is 181 g/mol. The van der Waals surface area contributed by atoms with E-state index in [0.717, 1.165) is 4.57 Å². The summed E-state index contributed by atoms with van der Waals surface area (Å²) < 4.78 is 1.09. The predicted octanol–water partition coefficient (Wildman–Crippen LogP) is 1.74. The lowest BCUT2D eigenvalue weighted by Gasteiger charge is -1.93. The van der Waals surface area contributed by atoms with E-state index in [0.29, 0.717) is 0 Å². The molecule has 1 rings (SSSR count). The second kappa shape index (κ2) is 2.25. The van der Waals surface area contributed by atoms with E-state index in [9.17, 15) is 0 Å². The number of nitrogens with zero attached hydrogens (tertiary/aromatic N) is 1. The highest BCUT2D eigenvalue weighted by Gasteiger charge is 2.15. The average molecular weight is 182 g/mol. The van der Waals surface area contributed by atoms with Crippen LogP contribution in [-0.2, 0) is 7.05 Å². The van der Waals surface area contributed by atoms with Crippen molar-refractivity contribution in [1.29, 1.82) is 0 Å². The summed E-state index contributed by atoms with van der Waals surface area (Å²) in [5.41, 5.74) is 0. The molecule has 1 heterocycles. The Morgan fingerprint density at radius 1 is 1.10 bits per heavy atom. The molecule has 5 heteroatoms. The summed E-state index contributed by atoms with van der Waals surface area (Å²) in [5, 5.41) is 17.9. The Kier molecular flexibility index (Phi) is 1.70. The maximum atomic E-state index is 8.99. The number of hydrogen-bond donors (Lipinski definition) is 2. The van der Waals surface area contributed by atoms with E-state index in [1.54, 1.807) is 0 Å². The zero-order valence-corrected chi connectivity index (χ0v) is 6.61. The third-order valence-corrected chi connectivity index (χ3v) is 2.03. The average Bonchev–Trinajstić information content (AvgIpc) is 2.07. The Balaban J connectivity index is 3.44. The molecule has 2 N–H and O–H groups in total. The number of rotatable bonds is 0. The van der Waals surface area contributed by atoms with Gasteiger partial charge in [-0.05, 0) is 0 Å². The van der Waals surface area contributed by atoms with Crippen molar-refractivity contribution in [3.63, 3.8) is 0 Å². The van der Waals surface area contributed by atoms with Gasteiger partial charge in [-0.25, -0.2) is 0 Å². The molecular formula is C5H5Cl2NO2. The summed E-state index contributed by atoms with van der Waals surface area (Å²) in [5.74, 6) is -0.465. The standard InChI is InChI=1S/C5H5Cl2NO2/c1-8-4(9)2(6)3(7)5(8)10/h9-10H,1H3. The van der Waals surface area contributed by atoms with Crippen molar-refractivity contribution < 1.29 is 10.2 Å². The molecule has 56 valence electrons. The Hall–Kier alpha value is -0.540. The van der Waals surface area contributed by atoms with Crippen molar-refractivity contribution in [1.82, 2.24) is 4.57 Å². The minimum atomic E-state index is -0.232. The van der Waals surface area contributed by atoms with Crippen LogP contribution in [0.5, 0.6) is 11.8 Å². The summed E-state index contributed by atoms with van der Waals surface area (Å²) >= 11 is 10.9. The van der Waals surface area contributed by atoms with Crippen molar-refractivity contribution in [2.75, 3.05) is 0 Å². The lowest BCUT2D eigenvalue weighted by molar-refractivity contribution is 0.387. The van der Waals surface area contributed by atoms with Crippen molar-refractivity contribution in [3.05, 3.63) is 10.0 Å². The fourth-order valence-electron chi connectivity index (χ4n) is 0.591. The van der Waals surface area contributed by atoms with Crippen LogP contribution in [0.15, 0.2) is 0 Å². The molecule has 0 aliphatic heterocycles. The quantitative estimate of drug-likeness (QED) is 0.641. The largest absolute Gasteiger partial charge is 0.493 e. The summed E-state index contributed by atoms with van der Waals surface area (Å²) in [6.07, 6.45) is 0. The molecule has 1 aromatic heterocycles. The molecule has 0 aliphatic carbocycles. The van der Waals surface area contributed by atoms with Crippen LogP contribution in [0.3, 0.4) is 0 Å². The zero-order valence-electron chi connectivity index (χ0n) is 5.10. The van der Waals surface area contributed by atoms with Crippen LogP contribution in [0.2, 0.25) is 10.0 Å². The van der Waals surface area contributed by atoms with Crippen LogP contribution in [0.25, 0.3) is 0 Å². The molecule has 0 saturated carbocycles. The third kappa shape index (κ3) is 0.822. The Morgan fingerprint density at radius 3 is 1.50 bits per heavy atom. The van der Waals surface area contributed by atoms with Crippen LogP contribution in [0.1, 0.15) is 0 Å². The van der Waals surface area contributed by atoms with Gasteiger partial charge in [0.1, 0.15) is 10.0 Å². The fraction of sp³-hybridized carbons (Fsp3) is 0.200. The van der Waals surface area contributed by atoms with E-state index in [-0.39, 0.29) is 21.8 Å². The van der Waals surface area contributed by atoms with Crippen LogP contribution in [0.4, 0.5) is 0 Å². The molecule has 1 aromatic rings. The first-order valence-electron chi connectivity index (χ1n) is 2.47. The topological polar surface area (TPSA) is 45.4 Å². The van der Waals surface area contributed by atoms with E-state index in [2.05, 4.69) is 0 Å². The molecule has 0 radical (unpaired) electrons. The zero-order chi connectivity index (χ0) is 7.89. The maximum Gasteiger partial charge on any atom is 0.214 e. The summed E-state index contributed by atoms with van der Waals surface area (Å²) in [4.78, 5) is 0. The van der Waals surface area contributed by atoms with Crippen LogP contribution in [-0.4, -0.2) is 14.8 Å². The normalized spacial score (nSPS) is 10.3. The van der Waals surface area contributed by atoms with Gasteiger partial charge in [-0.1, -0.05) is 23.2 Å². The van der Waals surface area contributed by atoms with E-state index in [1.807, 2.05) is 0 Å². The predicted molar refractivity (Wildman–Crippen MR) is 38.8 cm³/mol. The molecule has 0 amide bonds. The van der Waals surface area contributed by atoms with Gasteiger partial charge >= 0.3 is 0 Å². The number of aromatic hydroxyl groups is 2. The summed E-state index contributed by atoms with van der Waals surface area (Å²) in [7, 11) is 1.45. The van der Waals surface area contributed by atoms with Gasteiger partial charge in [0.2, 0.25) is 11.8 Å². The highest BCUT2D eigenvalue weighted by molar-refractivity contribution is 6.43. The second-order valence-corrected chi connectivity index (χ2v) is 2.59. The first-order valence-corrected chi connectivity index (χ1v) is 3.23. The smallest absolute Gasteiger partial charge is 0.214 e. The summed E-state index contributed by atoms with van der Waals surface area (Å²) in [6, 6.07) is 0. The minimum Gasteiger partial charge on any atom is -0.493 e. The van der Waals surface area contributed by atoms with E-state index in [4.69, 9.17) is 33.4 Å². The van der Waals surface area contributed by atoms with Crippen molar-refractivity contribution >= 4 is 23.2 Å². The fourth-order valence-corrected chi connectivity index (χ4v) is 1.01. The highest BCUT2D eigenvalue weighted by atomic mass is 35.5. The van der Waals surface area contributed by atoms with E-state index in [1.165, 1.54) is 7.05 Å². The number of hydrogen-bond acceptors (Lipinski definition) is 2. The highest BCUT2D eigenvalue weighted by Crippen LogP contribution is 2.40. The van der Waals surface area contributed by atoms with Crippen molar-refractivity contribution in [2.45, 2.75) is 0 Å². The molecular weight excluding hydrogens is 177 g/mol. The van der Waals surface area contributed by atoms with Gasteiger partial charge in [0, 0.05) is 7.05 Å².